The van der Waals surface area contributed by atoms with Crippen LogP contribution < -0.4 is 0 Å². The molecule has 0 amide bonds. The van der Waals surface area contributed by atoms with Gasteiger partial charge in [0.1, 0.15) is 0 Å². The third-order valence-corrected chi connectivity index (χ3v) is 2.08. The zero-order valence-electron chi connectivity index (χ0n) is 6.82. The topological polar surface area (TPSA) is 48.8 Å². The second-order valence-electron chi connectivity index (χ2n) is 2.84. The highest BCUT2D eigenvalue weighted by Gasteiger charge is 2.09. The maximum atomic E-state index is 8.21. The van der Waals surface area contributed by atoms with E-state index in [2.05, 4.69) is 23.0 Å². The van der Waals surface area contributed by atoms with Crippen LogP contribution in [0, 0.1) is 0 Å². The highest BCUT2D eigenvalue weighted by Crippen LogP contribution is 2.21. The zero-order valence-corrected chi connectivity index (χ0v) is 6.82. The largest absolute Gasteiger partial charge is 0.0865 e. The van der Waals surface area contributed by atoms with E-state index < -0.39 is 0 Å². The molecule has 0 aromatic heterocycles. The summed E-state index contributed by atoms with van der Waals surface area (Å²) in [6, 6.07) is 0.128. The van der Waals surface area contributed by atoms with Crippen LogP contribution >= 0.6 is 0 Å². The Labute approximate surface area is 66.7 Å². The smallest absolute Gasteiger partial charge is 0.0557 e. The summed E-state index contributed by atoms with van der Waals surface area (Å²) in [5.74, 6) is 0. The van der Waals surface area contributed by atoms with Crippen molar-refractivity contribution in [3.63, 3.8) is 0 Å². The highest BCUT2D eigenvalue weighted by molar-refractivity contribution is 5.10. The summed E-state index contributed by atoms with van der Waals surface area (Å²) in [5.41, 5.74) is 9.65. The molecule has 0 radical (unpaired) electrons. The summed E-state index contributed by atoms with van der Waals surface area (Å²) in [6.07, 6.45) is 6.59. The fourth-order valence-electron chi connectivity index (χ4n) is 1.43. The van der Waals surface area contributed by atoms with Crippen LogP contribution in [0.1, 0.15) is 32.6 Å². The molecule has 60 valence electrons. The molecule has 1 aliphatic carbocycles. The van der Waals surface area contributed by atoms with Crippen LogP contribution in [0.3, 0.4) is 0 Å². The normalized spacial score (nSPS) is 23.7. The molecule has 1 rings (SSSR count). The standard InChI is InChI=1S/C8H13N3/c1-2-7-4-3-5-8(6-7)10-11-9/h6,8H,2-5H2,1H3. The van der Waals surface area contributed by atoms with E-state index in [1.54, 1.807) is 0 Å². The number of hydrogen-bond acceptors (Lipinski definition) is 1. The van der Waals surface area contributed by atoms with E-state index in [0.29, 0.717) is 0 Å². The number of nitrogens with zero attached hydrogens (tertiary/aromatic N) is 3. The van der Waals surface area contributed by atoms with Crippen LogP contribution in [-0.4, -0.2) is 6.04 Å². The van der Waals surface area contributed by atoms with Gasteiger partial charge in [0, 0.05) is 4.91 Å². The predicted octanol–water partition coefficient (Wildman–Crippen LogP) is 3.19. The summed E-state index contributed by atoms with van der Waals surface area (Å²) in [5, 5.41) is 3.69. The minimum Gasteiger partial charge on any atom is -0.0865 e. The van der Waals surface area contributed by atoms with Gasteiger partial charge in [-0.2, -0.15) is 0 Å². The van der Waals surface area contributed by atoms with Gasteiger partial charge >= 0.3 is 0 Å². The number of rotatable bonds is 2. The van der Waals surface area contributed by atoms with Gasteiger partial charge in [0.15, 0.2) is 0 Å². The molecule has 1 aliphatic rings. The first-order valence-corrected chi connectivity index (χ1v) is 4.10. The Morgan fingerprint density at radius 3 is 3.27 bits per heavy atom. The van der Waals surface area contributed by atoms with Crippen LogP contribution in [0.15, 0.2) is 16.8 Å². The third kappa shape index (κ3) is 2.28. The van der Waals surface area contributed by atoms with Gasteiger partial charge in [-0.05, 0) is 31.2 Å². The average molecular weight is 151 g/mol. The minimum atomic E-state index is 0.128. The first-order chi connectivity index (χ1) is 5.36. The van der Waals surface area contributed by atoms with Gasteiger partial charge in [0.25, 0.3) is 0 Å². The fraction of sp³-hybridized carbons (Fsp3) is 0.750. The van der Waals surface area contributed by atoms with Crippen molar-refractivity contribution >= 4 is 0 Å². The minimum absolute atomic E-state index is 0.128. The number of azide groups is 1. The van der Waals surface area contributed by atoms with Gasteiger partial charge in [0.2, 0.25) is 0 Å². The quantitative estimate of drug-likeness (QED) is 0.252. The van der Waals surface area contributed by atoms with Gasteiger partial charge < -0.3 is 0 Å². The fourth-order valence-corrected chi connectivity index (χ4v) is 1.43. The summed E-state index contributed by atoms with van der Waals surface area (Å²) in [6.45, 7) is 2.14. The molecular formula is C8H13N3. The zero-order chi connectivity index (χ0) is 8.10. The van der Waals surface area contributed by atoms with E-state index in [1.807, 2.05) is 0 Å². The monoisotopic (exact) mass is 151 g/mol. The highest BCUT2D eigenvalue weighted by atomic mass is 15.1. The van der Waals surface area contributed by atoms with Crippen LogP contribution in [0.2, 0.25) is 0 Å². The van der Waals surface area contributed by atoms with Gasteiger partial charge in [-0.3, -0.25) is 0 Å². The van der Waals surface area contributed by atoms with Crippen molar-refractivity contribution in [2.45, 2.75) is 38.6 Å². The molecule has 0 bridgehead atoms. The Hall–Kier alpha value is -0.950. The molecule has 0 N–H and O–H groups in total. The summed E-state index contributed by atoms with van der Waals surface area (Å²) in [7, 11) is 0. The van der Waals surface area contributed by atoms with Crippen LogP contribution in [0.25, 0.3) is 10.4 Å². The van der Waals surface area contributed by atoms with Gasteiger partial charge in [0.05, 0.1) is 6.04 Å². The van der Waals surface area contributed by atoms with Gasteiger partial charge in [-0.1, -0.05) is 23.7 Å². The Morgan fingerprint density at radius 2 is 2.64 bits per heavy atom. The maximum absolute atomic E-state index is 8.21. The molecule has 3 heteroatoms. The van der Waals surface area contributed by atoms with Gasteiger partial charge in [-0.25, -0.2) is 0 Å². The molecule has 0 fully saturated rings. The van der Waals surface area contributed by atoms with E-state index in [4.69, 9.17) is 5.53 Å². The summed E-state index contributed by atoms with van der Waals surface area (Å²) < 4.78 is 0. The van der Waals surface area contributed by atoms with Crippen LogP contribution in [0.5, 0.6) is 0 Å². The van der Waals surface area contributed by atoms with Crippen molar-refractivity contribution in [2.24, 2.45) is 5.11 Å². The SMILES string of the molecule is CCC1=CC(N=[N+]=[N-])CCC1. The summed E-state index contributed by atoms with van der Waals surface area (Å²) in [4.78, 5) is 2.81. The molecule has 0 aromatic rings. The lowest BCUT2D eigenvalue weighted by Crippen LogP contribution is -2.06. The van der Waals surface area contributed by atoms with Crippen molar-refractivity contribution in [3.8, 4) is 0 Å². The molecule has 0 aliphatic heterocycles. The van der Waals surface area contributed by atoms with Crippen molar-refractivity contribution in [1.82, 2.24) is 0 Å². The molecule has 11 heavy (non-hydrogen) atoms. The lowest BCUT2D eigenvalue weighted by Gasteiger charge is -2.15. The van der Waals surface area contributed by atoms with Crippen LogP contribution in [0.4, 0.5) is 0 Å². The second kappa shape index (κ2) is 4.04. The summed E-state index contributed by atoms with van der Waals surface area (Å²) >= 11 is 0. The molecule has 0 saturated carbocycles. The number of allylic oxidation sites excluding steroid dienone is 1. The predicted molar refractivity (Wildman–Crippen MR) is 45.2 cm³/mol. The van der Waals surface area contributed by atoms with Gasteiger partial charge in [-0.15, -0.1) is 0 Å². The van der Waals surface area contributed by atoms with E-state index in [9.17, 15) is 0 Å². The lowest BCUT2D eigenvalue weighted by atomic mass is 9.95. The number of hydrogen-bond donors (Lipinski definition) is 0. The molecule has 1 atom stereocenters. The molecule has 0 heterocycles. The molecule has 0 aromatic carbocycles. The third-order valence-electron chi connectivity index (χ3n) is 2.08. The van der Waals surface area contributed by atoms with E-state index in [1.165, 1.54) is 18.4 Å². The Bertz CT molecular complexity index is 201. The van der Waals surface area contributed by atoms with Crippen LogP contribution in [-0.2, 0) is 0 Å². The molecule has 0 spiro atoms. The molecule has 1 unspecified atom stereocenters. The Kier molecular flexibility index (Phi) is 2.99. The second-order valence-corrected chi connectivity index (χ2v) is 2.84. The van der Waals surface area contributed by atoms with Crippen molar-refractivity contribution in [1.29, 1.82) is 0 Å². The molecule has 3 nitrogen and oxygen atoms in total. The van der Waals surface area contributed by atoms with Crippen molar-refractivity contribution in [2.75, 3.05) is 0 Å². The van der Waals surface area contributed by atoms with E-state index in [-0.39, 0.29) is 6.04 Å². The Morgan fingerprint density at radius 1 is 1.82 bits per heavy atom. The van der Waals surface area contributed by atoms with E-state index in [0.717, 1.165) is 12.8 Å². The molecular weight excluding hydrogens is 138 g/mol. The Balaban J connectivity index is 2.62. The average Bonchev–Trinajstić information content (AvgIpc) is 2.06. The first kappa shape index (κ1) is 8.15. The maximum Gasteiger partial charge on any atom is 0.0557 e. The first-order valence-electron chi connectivity index (χ1n) is 4.10. The molecule has 0 saturated heterocycles. The van der Waals surface area contributed by atoms with E-state index >= 15 is 0 Å². The lowest BCUT2D eigenvalue weighted by molar-refractivity contribution is 0.612. The van der Waals surface area contributed by atoms with Crippen molar-refractivity contribution in [3.05, 3.63) is 22.1 Å². The van der Waals surface area contributed by atoms with Crippen molar-refractivity contribution < 1.29 is 0 Å².